The smallest absolute Gasteiger partial charge is 0.272 e. The molecule has 1 heterocycles. The minimum Gasteiger partial charge on any atom is -0.457 e. The zero-order valence-corrected chi connectivity index (χ0v) is 12.6. The number of rotatable bonds is 4. The van der Waals surface area contributed by atoms with E-state index in [1.54, 1.807) is 0 Å². The Hall–Kier alpha value is -2.81. The lowest BCUT2D eigenvalue weighted by Gasteiger charge is -2.08. The highest BCUT2D eigenvalue weighted by atomic mass is 16.5. The summed E-state index contributed by atoms with van der Waals surface area (Å²) in [5.74, 6) is 2.42. The van der Waals surface area contributed by atoms with E-state index < -0.39 is 0 Å². The molecule has 3 rings (SSSR count). The fourth-order valence-corrected chi connectivity index (χ4v) is 2.33. The third kappa shape index (κ3) is 3.44. The SMILES string of the molecule is Cc1cc[n+](Cc2cccc(Oc3ccccc3)c2)c(N)c1. The average molecular weight is 291 g/mol. The van der Waals surface area contributed by atoms with Gasteiger partial charge in [-0.25, -0.2) is 4.57 Å². The molecule has 0 saturated carbocycles. The summed E-state index contributed by atoms with van der Waals surface area (Å²) in [5, 5.41) is 0. The number of nitrogen functional groups attached to an aromatic ring is 1. The molecule has 3 heteroatoms. The van der Waals surface area contributed by atoms with E-state index in [1.807, 2.05) is 72.3 Å². The first-order chi connectivity index (χ1) is 10.7. The molecule has 110 valence electrons. The highest BCUT2D eigenvalue weighted by Gasteiger charge is 2.06. The molecule has 0 bridgehead atoms. The molecule has 2 N–H and O–H groups in total. The van der Waals surface area contributed by atoms with Crippen LogP contribution in [-0.2, 0) is 6.54 Å². The summed E-state index contributed by atoms with van der Waals surface area (Å²) in [7, 11) is 0. The number of aromatic nitrogens is 1. The Balaban J connectivity index is 1.79. The van der Waals surface area contributed by atoms with Crippen LogP contribution in [0.3, 0.4) is 0 Å². The molecule has 0 saturated heterocycles. The van der Waals surface area contributed by atoms with Crippen molar-refractivity contribution in [3.05, 3.63) is 84.1 Å². The van der Waals surface area contributed by atoms with E-state index in [0.29, 0.717) is 0 Å². The van der Waals surface area contributed by atoms with Crippen LogP contribution in [-0.4, -0.2) is 0 Å². The number of para-hydroxylation sites is 1. The summed E-state index contributed by atoms with van der Waals surface area (Å²) in [6.45, 7) is 2.76. The third-order valence-electron chi connectivity index (χ3n) is 3.45. The van der Waals surface area contributed by atoms with E-state index in [0.717, 1.165) is 35.0 Å². The van der Waals surface area contributed by atoms with E-state index in [2.05, 4.69) is 12.1 Å². The molecule has 2 aromatic carbocycles. The van der Waals surface area contributed by atoms with Gasteiger partial charge in [0.2, 0.25) is 0 Å². The second-order valence-corrected chi connectivity index (χ2v) is 5.32. The van der Waals surface area contributed by atoms with Gasteiger partial charge in [0.05, 0.1) is 6.20 Å². The predicted molar refractivity (Wildman–Crippen MR) is 87.8 cm³/mol. The van der Waals surface area contributed by atoms with Crippen molar-refractivity contribution in [2.45, 2.75) is 13.5 Å². The monoisotopic (exact) mass is 291 g/mol. The number of hydrogen-bond donors (Lipinski definition) is 1. The maximum absolute atomic E-state index is 6.06. The molecule has 0 radical (unpaired) electrons. The molecular formula is C19H19N2O+. The molecule has 0 spiro atoms. The number of benzene rings is 2. The van der Waals surface area contributed by atoms with E-state index >= 15 is 0 Å². The van der Waals surface area contributed by atoms with E-state index in [1.165, 1.54) is 0 Å². The van der Waals surface area contributed by atoms with Gasteiger partial charge in [-0.3, -0.25) is 5.73 Å². The molecular weight excluding hydrogens is 272 g/mol. The Morgan fingerprint density at radius 3 is 2.45 bits per heavy atom. The lowest BCUT2D eigenvalue weighted by atomic mass is 10.2. The van der Waals surface area contributed by atoms with Crippen molar-refractivity contribution >= 4 is 5.82 Å². The number of nitrogens with zero attached hydrogens (tertiary/aromatic N) is 1. The van der Waals surface area contributed by atoms with Gasteiger partial charge in [0.1, 0.15) is 18.0 Å². The fourth-order valence-electron chi connectivity index (χ4n) is 2.33. The lowest BCUT2D eigenvalue weighted by Crippen LogP contribution is -2.37. The largest absolute Gasteiger partial charge is 0.457 e. The predicted octanol–water partition coefficient (Wildman–Crippen LogP) is 3.71. The number of ether oxygens (including phenoxy) is 1. The van der Waals surface area contributed by atoms with Gasteiger partial charge in [0.25, 0.3) is 5.82 Å². The maximum atomic E-state index is 6.06. The Morgan fingerprint density at radius 2 is 1.68 bits per heavy atom. The molecule has 3 aromatic rings. The Labute approximate surface area is 130 Å². The molecule has 0 unspecified atom stereocenters. The number of hydrogen-bond acceptors (Lipinski definition) is 2. The summed E-state index contributed by atoms with van der Waals surface area (Å²) in [6, 6.07) is 21.9. The summed E-state index contributed by atoms with van der Waals surface area (Å²) < 4.78 is 7.89. The number of nitrogens with two attached hydrogens (primary N) is 1. The van der Waals surface area contributed by atoms with Crippen LogP contribution in [0.2, 0.25) is 0 Å². The van der Waals surface area contributed by atoms with Gasteiger partial charge in [0, 0.05) is 6.07 Å². The first kappa shape index (κ1) is 14.1. The number of pyridine rings is 1. The molecule has 0 fully saturated rings. The van der Waals surface area contributed by atoms with Crippen molar-refractivity contribution < 1.29 is 9.30 Å². The second kappa shape index (κ2) is 6.31. The minimum atomic E-state index is 0.720. The average Bonchev–Trinajstić information content (AvgIpc) is 2.52. The zero-order chi connectivity index (χ0) is 15.4. The molecule has 0 atom stereocenters. The van der Waals surface area contributed by atoms with Crippen LogP contribution in [0.4, 0.5) is 5.82 Å². The minimum absolute atomic E-state index is 0.720. The normalized spacial score (nSPS) is 10.4. The van der Waals surface area contributed by atoms with Crippen molar-refractivity contribution in [2.75, 3.05) is 5.73 Å². The van der Waals surface area contributed by atoms with Crippen molar-refractivity contribution in [2.24, 2.45) is 0 Å². The lowest BCUT2D eigenvalue weighted by molar-refractivity contribution is -0.674. The summed E-state index contributed by atoms with van der Waals surface area (Å²) in [5.41, 5.74) is 8.37. The van der Waals surface area contributed by atoms with Crippen molar-refractivity contribution in [1.29, 1.82) is 0 Å². The molecule has 22 heavy (non-hydrogen) atoms. The van der Waals surface area contributed by atoms with Crippen LogP contribution in [0.25, 0.3) is 0 Å². The molecule has 1 aromatic heterocycles. The van der Waals surface area contributed by atoms with Crippen LogP contribution in [0, 0.1) is 6.92 Å². The Kier molecular flexibility index (Phi) is 4.05. The van der Waals surface area contributed by atoms with Gasteiger partial charge < -0.3 is 4.74 Å². The first-order valence-electron chi connectivity index (χ1n) is 7.28. The highest BCUT2D eigenvalue weighted by Crippen LogP contribution is 2.21. The van der Waals surface area contributed by atoms with Crippen LogP contribution in [0.15, 0.2) is 72.9 Å². The van der Waals surface area contributed by atoms with Gasteiger partial charge in [0.15, 0.2) is 0 Å². The highest BCUT2D eigenvalue weighted by molar-refractivity contribution is 5.34. The fraction of sp³-hybridized carbons (Fsp3) is 0.105. The molecule has 0 aliphatic rings. The van der Waals surface area contributed by atoms with Crippen LogP contribution < -0.4 is 15.0 Å². The van der Waals surface area contributed by atoms with E-state index in [9.17, 15) is 0 Å². The molecule has 0 aliphatic carbocycles. The Morgan fingerprint density at radius 1 is 0.909 bits per heavy atom. The van der Waals surface area contributed by atoms with Gasteiger partial charge in [-0.2, -0.15) is 0 Å². The van der Waals surface area contributed by atoms with Crippen LogP contribution in [0.1, 0.15) is 11.1 Å². The van der Waals surface area contributed by atoms with Crippen LogP contribution >= 0.6 is 0 Å². The molecule has 3 nitrogen and oxygen atoms in total. The first-order valence-corrected chi connectivity index (χ1v) is 7.28. The zero-order valence-electron chi connectivity index (χ0n) is 12.6. The van der Waals surface area contributed by atoms with Gasteiger partial charge in [-0.1, -0.05) is 30.3 Å². The van der Waals surface area contributed by atoms with Crippen molar-refractivity contribution in [3.63, 3.8) is 0 Å². The number of aryl methyl sites for hydroxylation is 1. The topological polar surface area (TPSA) is 39.1 Å². The number of anilines is 1. The van der Waals surface area contributed by atoms with Gasteiger partial charge >= 0.3 is 0 Å². The summed E-state index contributed by atoms with van der Waals surface area (Å²) in [6.07, 6.45) is 2.01. The van der Waals surface area contributed by atoms with Gasteiger partial charge in [-0.05, 0) is 48.4 Å². The van der Waals surface area contributed by atoms with E-state index in [4.69, 9.17) is 10.5 Å². The van der Waals surface area contributed by atoms with Gasteiger partial charge in [-0.15, -0.1) is 0 Å². The van der Waals surface area contributed by atoms with Crippen molar-refractivity contribution in [3.8, 4) is 11.5 Å². The Bertz CT molecular complexity index is 769. The quantitative estimate of drug-likeness (QED) is 0.744. The summed E-state index contributed by atoms with van der Waals surface area (Å²) in [4.78, 5) is 0. The van der Waals surface area contributed by atoms with Crippen LogP contribution in [0.5, 0.6) is 11.5 Å². The second-order valence-electron chi connectivity index (χ2n) is 5.32. The molecule has 0 amide bonds. The van der Waals surface area contributed by atoms with E-state index in [-0.39, 0.29) is 0 Å². The standard InChI is InChI=1S/C19H18N2O/c1-15-10-11-21(19(20)12-15)14-16-6-5-9-18(13-16)22-17-7-3-2-4-8-17/h2-13,20H,14H2,1H3/p+1. The maximum Gasteiger partial charge on any atom is 0.272 e. The molecule has 0 aliphatic heterocycles. The third-order valence-corrected chi connectivity index (χ3v) is 3.45. The summed E-state index contributed by atoms with van der Waals surface area (Å²) >= 11 is 0. The van der Waals surface area contributed by atoms with Crippen molar-refractivity contribution in [1.82, 2.24) is 0 Å².